The number of aromatic hydroxyl groups is 1. The number of rotatable bonds is 6. The molecule has 1 aromatic rings. The highest BCUT2D eigenvalue weighted by molar-refractivity contribution is 5.57. The van der Waals surface area contributed by atoms with Gasteiger partial charge in [0.25, 0.3) is 0 Å². The molecule has 1 aromatic carbocycles. The summed E-state index contributed by atoms with van der Waals surface area (Å²) < 4.78 is 0. The topological polar surface area (TPSA) is 23.5 Å². The Bertz CT molecular complexity index is 309. The Kier molecular flexibility index (Phi) is 5.17. The second-order valence-corrected chi connectivity index (χ2v) is 4.68. The molecule has 0 unspecified atom stereocenters. The molecule has 0 spiro atoms. The second-order valence-electron chi connectivity index (χ2n) is 4.68. The fraction of sp³-hybridized carbons (Fsp3) is 0.571. The van der Waals surface area contributed by atoms with Gasteiger partial charge in [-0.3, -0.25) is 0 Å². The van der Waals surface area contributed by atoms with Crippen molar-refractivity contribution in [3.8, 4) is 5.75 Å². The van der Waals surface area contributed by atoms with Gasteiger partial charge in [0.05, 0.1) is 5.69 Å². The van der Waals surface area contributed by atoms with E-state index in [1.807, 2.05) is 18.2 Å². The normalized spacial score (nSPS) is 10.8. The minimum atomic E-state index is 0.388. The first-order valence-corrected chi connectivity index (χ1v) is 6.18. The third kappa shape index (κ3) is 3.76. The number of anilines is 1. The minimum absolute atomic E-state index is 0.388. The van der Waals surface area contributed by atoms with Crippen LogP contribution in [0.5, 0.6) is 5.75 Å². The molecule has 1 rings (SSSR count). The number of phenolic OH excluding ortho intramolecular Hbond substituents is 1. The van der Waals surface area contributed by atoms with Crippen LogP contribution in [0.1, 0.15) is 33.6 Å². The van der Waals surface area contributed by atoms with Crippen molar-refractivity contribution in [3.05, 3.63) is 24.3 Å². The Labute approximate surface area is 98.9 Å². The maximum absolute atomic E-state index is 9.85. The van der Waals surface area contributed by atoms with Gasteiger partial charge in [0.1, 0.15) is 5.75 Å². The summed E-state index contributed by atoms with van der Waals surface area (Å²) in [6.07, 6.45) is 2.35. The summed E-state index contributed by atoms with van der Waals surface area (Å²) in [7, 11) is 0. The van der Waals surface area contributed by atoms with Gasteiger partial charge in [-0.25, -0.2) is 0 Å². The number of hydrogen-bond acceptors (Lipinski definition) is 2. The molecule has 0 heterocycles. The fourth-order valence-corrected chi connectivity index (χ4v) is 1.83. The predicted molar refractivity (Wildman–Crippen MR) is 70.1 cm³/mol. The lowest BCUT2D eigenvalue weighted by Gasteiger charge is -2.27. The van der Waals surface area contributed by atoms with Gasteiger partial charge in [0.2, 0.25) is 0 Å². The minimum Gasteiger partial charge on any atom is -0.506 e. The van der Waals surface area contributed by atoms with Gasteiger partial charge >= 0.3 is 0 Å². The number of nitrogens with zero attached hydrogens (tertiary/aromatic N) is 1. The molecular formula is C14H23NO. The fourth-order valence-electron chi connectivity index (χ4n) is 1.83. The number of benzene rings is 1. The first kappa shape index (κ1) is 12.9. The van der Waals surface area contributed by atoms with E-state index >= 15 is 0 Å². The average molecular weight is 221 g/mol. The van der Waals surface area contributed by atoms with E-state index in [4.69, 9.17) is 0 Å². The summed E-state index contributed by atoms with van der Waals surface area (Å²) in [5, 5.41) is 9.85. The maximum Gasteiger partial charge on any atom is 0.138 e. The van der Waals surface area contributed by atoms with Gasteiger partial charge in [-0.15, -0.1) is 0 Å². The number of unbranched alkanes of at least 4 members (excludes halogenated alkanes) is 1. The van der Waals surface area contributed by atoms with Gasteiger partial charge in [0.15, 0.2) is 0 Å². The first-order chi connectivity index (χ1) is 7.65. The van der Waals surface area contributed by atoms with Crippen LogP contribution in [0.2, 0.25) is 0 Å². The molecule has 2 heteroatoms. The molecule has 90 valence electrons. The van der Waals surface area contributed by atoms with Crippen LogP contribution in [-0.4, -0.2) is 18.2 Å². The van der Waals surface area contributed by atoms with Crippen molar-refractivity contribution in [1.82, 2.24) is 0 Å². The second kappa shape index (κ2) is 6.41. The van der Waals surface area contributed by atoms with E-state index in [-0.39, 0.29) is 0 Å². The van der Waals surface area contributed by atoms with Crippen molar-refractivity contribution in [1.29, 1.82) is 0 Å². The van der Waals surface area contributed by atoms with E-state index in [0.717, 1.165) is 18.8 Å². The largest absolute Gasteiger partial charge is 0.506 e. The van der Waals surface area contributed by atoms with Gasteiger partial charge in [0, 0.05) is 13.1 Å². The first-order valence-electron chi connectivity index (χ1n) is 6.18. The van der Waals surface area contributed by atoms with Gasteiger partial charge in [-0.05, 0) is 24.5 Å². The SMILES string of the molecule is CCCCN(CC(C)C)c1ccccc1O. The molecule has 0 saturated heterocycles. The number of para-hydroxylation sites is 2. The Hall–Kier alpha value is -1.18. The van der Waals surface area contributed by atoms with Crippen molar-refractivity contribution in [2.45, 2.75) is 33.6 Å². The molecule has 2 nitrogen and oxygen atoms in total. The monoisotopic (exact) mass is 221 g/mol. The van der Waals surface area contributed by atoms with E-state index in [2.05, 4.69) is 25.7 Å². The third-order valence-electron chi connectivity index (χ3n) is 2.59. The summed E-state index contributed by atoms with van der Waals surface area (Å²) in [5.74, 6) is 0.996. The van der Waals surface area contributed by atoms with E-state index < -0.39 is 0 Å². The van der Waals surface area contributed by atoms with Crippen molar-refractivity contribution in [2.24, 2.45) is 5.92 Å². The molecular weight excluding hydrogens is 198 g/mol. The van der Waals surface area contributed by atoms with Crippen molar-refractivity contribution in [3.63, 3.8) is 0 Å². The van der Waals surface area contributed by atoms with Crippen LogP contribution in [0.15, 0.2) is 24.3 Å². The van der Waals surface area contributed by atoms with Crippen LogP contribution in [0.3, 0.4) is 0 Å². The molecule has 0 atom stereocenters. The van der Waals surface area contributed by atoms with E-state index in [1.165, 1.54) is 12.8 Å². The predicted octanol–water partition coefficient (Wildman–Crippen LogP) is 3.65. The molecule has 0 aliphatic heterocycles. The van der Waals surface area contributed by atoms with Crippen molar-refractivity contribution >= 4 is 5.69 Å². The molecule has 16 heavy (non-hydrogen) atoms. The summed E-state index contributed by atoms with van der Waals surface area (Å²) in [6, 6.07) is 7.60. The zero-order valence-electron chi connectivity index (χ0n) is 10.6. The number of hydrogen-bond donors (Lipinski definition) is 1. The Balaban J connectivity index is 2.78. The van der Waals surface area contributed by atoms with Gasteiger partial charge < -0.3 is 10.0 Å². The molecule has 0 aliphatic rings. The zero-order valence-corrected chi connectivity index (χ0v) is 10.6. The Morgan fingerprint density at radius 1 is 1.25 bits per heavy atom. The molecule has 0 aromatic heterocycles. The van der Waals surface area contributed by atoms with Crippen LogP contribution < -0.4 is 4.90 Å². The molecule has 1 N–H and O–H groups in total. The van der Waals surface area contributed by atoms with Crippen LogP contribution in [-0.2, 0) is 0 Å². The van der Waals surface area contributed by atoms with Gasteiger partial charge in [-0.2, -0.15) is 0 Å². The number of phenols is 1. The highest BCUT2D eigenvalue weighted by Gasteiger charge is 2.11. The molecule has 0 saturated carbocycles. The maximum atomic E-state index is 9.85. The Morgan fingerprint density at radius 3 is 2.50 bits per heavy atom. The molecule has 0 amide bonds. The average Bonchev–Trinajstić information content (AvgIpc) is 2.24. The lowest BCUT2D eigenvalue weighted by molar-refractivity contribution is 0.471. The summed E-state index contributed by atoms with van der Waals surface area (Å²) >= 11 is 0. The zero-order chi connectivity index (χ0) is 12.0. The molecule has 0 radical (unpaired) electrons. The Morgan fingerprint density at radius 2 is 1.94 bits per heavy atom. The highest BCUT2D eigenvalue weighted by atomic mass is 16.3. The van der Waals surface area contributed by atoms with Crippen LogP contribution >= 0.6 is 0 Å². The van der Waals surface area contributed by atoms with Crippen LogP contribution in [0.4, 0.5) is 5.69 Å². The molecule has 0 aliphatic carbocycles. The standard InChI is InChI=1S/C14H23NO/c1-4-5-10-15(11-12(2)3)13-8-6-7-9-14(13)16/h6-9,12,16H,4-5,10-11H2,1-3H3. The van der Waals surface area contributed by atoms with Crippen LogP contribution in [0, 0.1) is 5.92 Å². The van der Waals surface area contributed by atoms with E-state index in [1.54, 1.807) is 6.07 Å². The van der Waals surface area contributed by atoms with E-state index in [0.29, 0.717) is 11.7 Å². The molecule has 0 bridgehead atoms. The lowest BCUT2D eigenvalue weighted by Crippen LogP contribution is -2.28. The van der Waals surface area contributed by atoms with Gasteiger partial charge in [-0.1, -0.05) is 39.3 Å². The lowest BCUT2D eigenvalue weighted by atomic mass is 10.1. The highest BCUT2D eigenvalue weighted by Crippen LogP contribution is 2.27. The molecule has 0 fully saturated rings. The quantitative estimate of drug-likeness (QED) is 0.792. The van der Waals surface area contributed by atoms with Crippen molar-refractivity contribution in [2.75, 3.05) is 18.0 Å². The third-order valence-corrected chi connectivity index (χ3v) is 2.59. The smallest absolute Gasteiger partial charge is 0.138 e. The summed E-state index contributed by atoms with van der Waals surface area (Å²) in [6.45, 7) is 8.63. The summed E-state index contributed by atoms with van der Waals surface area (Å²) in [4.78, 5) is 2.28. The van der Waals surface area contributed by atoms with E-state index in [9.17, 15) is 5.11 Å². The van der Waals surface area contributed by atoms with Crippen LogP contribution in [0.25, 0.3) is 0 Å². The van der Waals surface area contributed by atoms with Crippen molar-refractivity contribution < 1.29 is 5.11 Å². The summed E-state index contributed by atoms with van der Waals surface area (Å²) in [5.41, 5.74) is 0.963.